The lowest BCUT2D eigenvalue weighted by Gasteiger charge is -2.07. The number of phenolic OH excluding ortho intramolecular Hbond substituents is 1. The molecule has 14 heavy (non-hydrogen) atoms. The molecule has 0 bridgehead atoms. The Hall–Kier alpha value is -1.48. The van der Waals surface area contributed by atoms with Crippen molar-refractivity contribution >= 4 is 6.08 Å². The smallest absolute Gasteiger partial charge is 0.161 e. The Balaban J connectivity index is 3.09. The minimum absolute atomic E-state index is 0.00222. The van der Waals surface area contributed by atoms with Crippen molar-refractivity contribution in [3.05, 3.63) is 29.3 Å². The van der Waals surface area contributed by atoms with Crippen LogP contribution < -0.4 is 4.74 Å². The third kappa shape index (κ3) is 2.26. The van der Waals surface area contributed by atoms with E-state index in [1.165, 1.54) is 7.11 Å². The molecular formula is C11H14O3. The first kappa shape index (κ1) is 10.6. The summed E-state index contributed by atoms with van der Waals surface area (Å²) in [7, 11) is 1.51. The standard InChI is InChI=1S/C11H14O3/c1-8-6-9(4-3-5-12)7-10(14-2)11(8)13/h3-4,6-7,12-13H,5H2,1-2H3. The average molecular weight is 194 g/mol. The molecule has 3 nitrogen and oxygen atoms in total. The maximum absolute atomic E-state index is 9.55. The predicted molar refractivity (Wildman–Crippen MR) is 55.5 cm³/mol. The largest absolute Gasteiger partial charge is 0.504 e. The normalized spacial score (nSPS) is 10.8. The number of methoxy groups -OCH3 is 1. The highest BCUT2D eigenvalue weighted by Crippen LogP contribution is 2.31. The number of aromatic hydroxyl groups is 1. The number of hydrogen-bond donors (Lipinski definition) is 2. The minimum atomic E-state index is 0.00222. The van der Waals surface area contributed by atoms with Crippen LogP contribution in [-0.4, -0.2) is 23.9 Å². The summed E-state index contributed by atoms with van der Waals surface area (Å²) >= 11 is 0. The first-order valence-corrected chi connectivity index (χ1v) is 4.34. The molecule has 0 radical (unpaired) electrons. The van der Waals surface area contributed by atoms with E-state index in [4.69, 9.17) is 9.84 Å². The minimum Gasteiger partial charge on any atom is -0.504 e. The van der Waals surface area contributed by atoms with Crippen LogP contribution in [0.5, 0.6) is 11.5 Å². The van der Waals surface area contributed by atoms with Crippen LogP contribution >= 0.6 is 0 Å². The van der Waals surface area contributed by atoms with E-state index in [-0.39, 0.29) is 12.4 Å². The number of hydrogen-bond acceptors (Lipinski definition) is 3. The predicted octanol–water partition coefficient (Wildman–Crippen LogP) is 1.71. The van der Waals surface area contributed by atoms with Crippen molar-refractivity contribution < 1.29 is 14.9 Å². The van der Waals surface area contributed by atoms with E-state index in [1.54, 1.807) is 25.1 Å². The van der Waals surface area contributed by atoms with Crippen LogP contribution in [0.4, 0.5) is 0 Å². The Morgan fingerprint density at radius 1 is 1.43 bits per heavy atom. The molecule has 76 valence electrons. The molecule has 0 atom stereocenters. The van der Waals surface area contributed by atoms with Crippen LogP contribution in [0.3, 0.4) is 0 Å². The van der Waals surface area contributed by atoms with Gasteiger partial charge in [0.05, 0.1) is 13.7 Å². The molecular weight excluding hydrogens is 180 g/mol. The van der Waals surface area contributed by atoms with E-state index >= 15 is 0 Å². The highest BCUT2D eigenvalue weighted by Gasteiger charge is 2.05. The monoisotopic (exact) mass is 194 g/mol. The zero-order valence-electron chi connectivity index (χ0n) is 8.32. The van der Waals surface area contributed by atoms with Gasteiger partial charge in [0.2, 0.25) is 0 Å². The molecule has 0 amide bonds. The Labute approximate surface area is 83.3 Å². The van der Waals surface area contributed by atoms with Gasteiger partial charge < -0.3 is 14.9 Å². The summed E-state index contributed by atoms with van der Waals surface area (Å²) in [5, 5.41) is 18.2. The Morgan fingerprint density at radius 3 is 2.71 bits per heavy atom. The van der Waals surface area contributed by atoms with Gasteiger partial charge in [0.25, 0.3) is 0 Å². The van der Waals surface area contributed by atoms with Gasteiger partial charge in [0.1, 0.15) is 0 Å². The summed E-state index contributed by atoms with van der Waals surface area (Å²) in [6.07, 6.45) is 3.40. The van der Waals surface area contributed by atoms with Crippen molar-refractivity contribution in [1.29, 1.82) is 0 Å². The second-order valence-corrected chi connectivity index (χ2v) is 2.97. The maximum atomic E-state index is 9.55. The Kier molecular flexibility index (Phi) is 3.54. The van der Waals surface area contributed by atoms with Gasteiger partial charge in [-0.3, -0.25) is 0 Å². The van der Waals surface area contributed by atoms with Crippen LogP contribution in [0.1, 0.15) is 11.1 Å². The Bertz CT molecular complexity index is 343. The third-order valence-electron chi connectivity index (χ3n) is 1.92. The Morgan fingerprint density at radius 2 is 2.14 bits per heavy atom. The lowest BCUT2D eigenvalue weighted by Crippen LogP contribution is -1.87. The number of aliphatic hydroxyl groups is 1. The molecule has 1 aromatic rings. The highest BCUT2D eigenvalue weighted by atomic mass is 16.5. The summed E-state index contributed by atoms with van der Waals surface area (Å²) < 4.78 is 5.00. The fraction of sp³-hybridized carbons (Fsp3) is 0.273. The fourth-order valence-corrected chi connectivity index (χ4v) is 1.21. The van der Waals surface area contributed by atoms with E-state index in [1.807, 2.05) is 6.07 Å². The van der Waals surface area contributed by atoms with Crippen LogP contribution in [0.2, 0.25) is 0 Å². The van der Waals surface area contributed by atoms with Gasteiger partial charge in [-0.2, -0.15) is 0 Å². The van der Waals surface area contributed by atoms with Crippen LogP contribution in [-0.2, 0) is 0 Å². The van der Waals surface area contributed by atoms with E-state index in [9.17, 15) is 5.11 Å². The van der Waals surface area contributed by atoms with Gasteiger partial charge in [-0.25, -0.2) is 0 Å². The molecule has 0 aromatic heterocycles. The van der Waals surface area contributed by atoms with Crippen molar-refractivity contribution in [3.63, 3.8) is 0 Å². The van der Waals surface area contributed by atoms with Gasteiger partial charge in [-0.05, 0) is 30.2 Å². The van der Waals surface area contributed by atoms with Crippen molar-refractivity contribution in [2.24, 2.45) is 0 Å². The van der Waals surface area contributed by atoms with Crippen molar-refractivity contribution in [2.45, 2.75) is 6.92 Å². The lowest BCUT2D eigenvalue weighted by molar-refractivity contribution is 0.343. The van der Waals surface area contributed by atoms with Crippen LogP contribution in [0.15, 0.2) is 18.2 Å². The van der Waals surface area contributed by atoms with Gasteiger partial charge in [0.15, 0.2) is 11.5 Å². The van der Waals surface area contributed by atoms with Gasteiger partial charge in [-0.1, -0.05) is 12.2 Å². The summed E-state index contributed by atoms with van der Waals surface area (Å²) in [6, 6.07) is 3.54. The second-order valence-electron chi connectivity index (χ2n) is 2.97. The SMILES string of the molecule is COc1cc(C=CCO)cc(C)c1O. The topological polar surface area (TPSA) is 49.7 Å². The van der Waals surface area contributed by atoms with Gasteiger partial charge in [0, 0.05) is 0 Å². The van der Waals surface area contributed by atoms with E-state index in [0.29, 0.717) is 5.75 Å². The molecule has 3 heteroatoms. The molecule has 0 aliphatic rings. The molecule has 0 saturated carbocycles. The summed E-state index contributed by atoms with van der Waals surface area (Å²) in [6.45, 7) is 1.80. The first-order valence-electron chi connectivity index (χ1n) is 4.34. The third-order valence-corrected chi connectivity index (χ3v) is 1.92. The zero-order chi connectivity index (χ0) is 10.6. The van der Waals surface area contributed by atoms with E-state index in [2.05, 4.69) is 0 Å². The summed E-state index contributed by atoms with van der Waals surface area (Å²) in [4.78, 5) is 0. The number of benzene rings is 1. The number of aliphatic hydroxyl groups excluding tert-OH is 1. The molecule has 1 aromatic carbocycles. The number of rotatable bonds is 3. The average Bonchev–Trinajstić information content (AvgIpc) is 2.19. The first-order chi connectivity index (χ1) is 6.69. The molecule has 0 unspecified atom stereocenters. The number of phenols is 1. The quantitative estimate of drug-likeness (QED) is 0.770. The highest BCUT2D eigenvalue weighted by molar-refractivity contribution is 5.58. The molecule has 0 heterocycles. The molecule has 0 fully saturated rings. The lowest BCUT2D eigenvalue weighted by atomic mass is 10.1. The van der Waals surface area contributed by atoms with Crippen LogP contribution in [0, 0.1) is 6.92 Å². The molecule has 0 aliphatic carbocycles. The van der Waals surface area contributed by atoms with E-state index in [0.717, 1.165) is 11.1 Å². The van der Waals surface area contributed by atoms with Crippen molar-refractivity contribution in [3.8, 4) is 11.5 Å². The van der Waals surface area contributed by atoms with Crippen molar-refractivity contribution in [1.82, 2.24) is 0 Å². The molecule has 0 saturated heterocycles. The van der Waals surface area contributed by atoms with E-state index < -0.39 is 0 Å². The van der Waals surface area contributed by atoms with Crippen molar-refractivity contribution in [2.75, 3.05) is 13.7 Å². The number of aryl methyl sites for hydroxylation is 1. The molecule has 2 N–H and O–H groups in total. The van der Waals surface area contributed by atoms with Gasteiger partial charge in [-0.15, -0.1) is 0 Å². The zero-order valence-corrected chi connectivity index (χ0v) is 8.32. The molecule has 1 rings (SSSR count). The molecule has 0 aliphatic heterocycles. The maximum Gasteiger partial charge on any atom is 0.161 e. The fourth-order valence-electron chi connectivity index (χ4n) is 1.21. The molecule has 0 spiro atoms. The number of ether oxygens (including phenoxy) is 1. The summed E-state index contributed by atoms with van der Waals surface area (Å²) in [5.41, 5.74) is 1.65. The van der Waals surface area contributed by atoms with Crippen LogP contribution in [0.25, 0.3) is 6.08 Å². The summed E-state index contributed by atoms with van der Waals surface area (Å²) in [5.74, 6) is 0.608. The van der Waals surface area contributed by atoms with Gasteiger partial charge >= 0.3 is 0 Å². The second kappa shape index (κ2) is 4.67.